The molecule has 1 unspecified atom stereocenters. The Hall–Kier alpha value is -1.55. The second-order valence-electron chi connectivity index (χ2n) is 3.69. The maximum atomic E-state index is 5.75. The zero-order valence-corrected chi connectivity index (χ0v) is 10.4. The maximum absolute atomic E-state index is 5.75. The fraction of sp³-hybridized carbons (Fsp3) is 0.333. The second-order valence-corrected chi connectivity index (χ2v) is 3.96. The molecule has 1 aromatic heterocycles. The summed E-state index contributed by atoms with van der Waals surface area (Å²) in [6.45, 7) is 3.85. The number of nitrogens with zero attached hydrogens (tertiary/aromatic N) is 2. The van der Waals surface area contributed by atoms with Gasteiger partial charge in [0.15, 0.2) is 6.10 Å². The lowest BCUT2D eigenvalue weighted by Gasteiger charge is -2.12. The highest BCUT2D eigenvalue weighted by Gasteiger charge is 2.15. The number of aromatic nitrogens is 2. The van der Waals surface area contributed by atoms with Crippen LogP contribution < -0.4 is 4.74 Å². The van der Waals surface area contributed by atoms with Crippen molar-refractivity contribution in [2.24, 2.45) is 0 Å². The van der Waals surface area contributed by atoms with Gasteiger partial charge in [-0.05, 0) is 25.5 Å². The van der Waals surface area contributed by atoms with E-state index in [1.807, 2.05) is 38.1 Å². The van der Waals surface area contributed by atoms with E-state index in [2.05, 4.69) is 10.2 Å². The first-order valence-corrected chi connectivity index (χ1v) is 5.84. The highest BCUT2D eigenvalue weighted by atomic mass is 35.5. The molecule has 0 N–H and O–H groups in total. The molecule has 0 radical (unpaired) electrons. The molecule has 1 atom stereocenters. The number of hydrogen-bond acceptors (Lipinski definition) is 4. The summed E-state index contributed by atoms with van der Waals surface area (Å²) in [5.41, 5.74) is 1.07. The van der Waals surface area contributed by atoms with Gasteiger partial charge in [-0.3, -0.25) is 0 Å². The number of benzene rings is 1. The van der Waals surface area contributed by atoms with Gasteiger partial charge in [0, 0.05) is 0 Å². The Labute approximate surface area is 105 Å². The molecule has 0 saturated heterocycles. The quantitative estimate of drug-likeness (QED) is 0.784. The van der Waals surface area contributed by atoms with E-state index in [0.717, 1.165) is 11.3 Å². The minimum absolute atomic E-state index is 0.212. The van der Waals surface area contributed by atoms with E-state index in [1.165, 1.54) is 0 Å². The van der Waals surface area contributed by atoms with Crippen molar-refractivity contribution in [3.63, 3.8) is 0 Å². The molecule has 0 saturated carbocycles. The van der Waals surface area contributed by atoms with Crippen LogP contribution in [0.3, 0.4) is 0 Å². The van der Waals surface area contributed by atoms with Crippen LogP contribution in [0.5, 0.6) is 5.75 Å². The van der Waals surface area contributed by atoms with Crippen molar-refractivity contribution < 1.29 is 9.15 Å². The summed E-state index contributed by atoms with van der Waals surface area (Å²) in [5, 5.41) is 7.68. The number of para-hydroxylation sites is 1. The lowest BCUT2D eigenvalue weighted by molar-refractivity contribution is 0.185. The molecule has 0 aliphatic carbocycles. The molecule has 2 rings (SSSR count). The maximum Gasteiger partial charge on any atom is 0.256 e. The molecule has 0 amide bonds. The van der Waals surface area contributed by atoms with Gasteiger partial charge in [0.1, 0.15) is 11.6 Å². The third-order valence-electron chi connectivity index (χ3n) is 2.34. The summed E-state index contributed by atoms with van der Waals surface area (Å²) in [7, 11) is 0. The molecule has 4 nitrogen and oxygen atoms in total. The van der Waals surface area contributed by atoms with Crippen LogP contribution in [0.25, 0.3) is 0 Å². The highest BCUT2D eigenvalue weighted by molar-refractivity contribution is 6.16. The summed E-state index contributed by atoms with van der Waals surface area (Å²) in [6, 6.07) is 7.78. The van der Waals surface area contributed by atoms with Crippen molar-refractivity contribution in [1.82, 2.24) is 10.2 Å². The van der Waals surface area contributed by atoms with Gasteiger partial charge in [0.25, 0.3) is 5.89 Å². The van der Waals surface area contributed by atoms with Gasteiger partial charge in [-0.2, -0.15) is 0 Å². The van der Waals surface area contributed by atoms with Gasteiger partial charge in [-0.1, -0.05) is 18.2 Å². The van der Waals surface area contributed by atoms with Crippen molar-refractivity contribution >= 4 is 11.6 Å². The van der Waals surface area contributed by atoms with Crippen molar-refractivity contribution in [3.05, 3.63) is 41.6 Å². The zero-order valence-electron chi connectivity index (χ0n) is 9.68. The van der Waals surface area contributed by atoms with E-state index in [4.69, 9.17) is 20.8 Å². The molecule has 17 heavy (non-hydrogen) atoms. The van der Waals surface area contributed by atoms with Crippen molar-refractivity contribution in [1.29, 1.82) is 0 Å². The summed E-state index contributed by atoms with van der Waals surface area (Å²) in [4.78, 5) is 0. The molecule has 1 heterocycles. The molecule has 0 spiro atoms. The fourth-order valence-corrected chi connectivity index (χ4v) is 1.52. The summed E-state index contributed by atoms with van der Waals surface area (Å²) >= 11 is 5.59. The van der Waals surface area contributed by atoms with E-state index < -0.39 is 0 Å². The van der Waals surface area contributed by atoms with Gasteiger partial charge in [0.2, 0.25) is 5.89 Å². The third kappa shape index (κ3) is 2.77. The minimum Gasteiger partial charge on any atom is -0.481 e. The van der Waals surface area contributed by atoms with Crippen molar-refractivity contribution in [2.45, 2.75) is 25.8 Å². The number of halogens is 1. The summed E-state index contributed by atoms with van der Waals surface area (Å²) < 4.78 is 11.1. The summed E-state index contributed by atoms with van der Waals surface area (Å²) in [6.07, 6.45) is -0.291. The first-order valence-electron chi connectivity index (χ1n) is 5.31. The largest absolute Gasteiger partial charge is 0.481 e. The van der Waals surface area contributed by atoms with Crippen molar-refractivity contribution in [3.8, 4) is 5.75 Å². The minimum atomic E-state index is -0.291. The zero-order chi connectivity index (χ0) is 12.3. The molecule has 0 bridgehead atoms. The normalized spacial score (nSPS) is 12.4. The first kappa shape index (κ1) is 11.9. The Kier molecular flexibility index (Phi) is 3.64. The molecule has 1 aromatic carbocycles. The molecule has 0 aliphatic heterocycles. The fourth-order valence-electron chi connectivity index (χ4n) is 1.41. The van der Waals surface area contributed by atoms with Gasteiger partial charge in [0.05, 0.1) is 0 Å². The van der Waals surface area contributed by atoms with Crippen LogP contribution in [-0.2, 0) is 5.88 Å². The Morgan fingerprint density at radius 3 is 2.76 bits per heavy atom. The Bertz CT molecular complexity index is 499. The van der Waals surface area contributed by atoms with Crippen molar-refractivity contribution in [2.75, 3.05) is 0 Å². The predicted molar refractivity (Wildman–Crippen MR) is 64.1 cm³/mol. The monoisotopic (exact) mass is 252 g/mol. The average molecular weight is 253 g/mol. The number of aryl methyl sites for hydroxylation is 1. The van der Waals surface area contributed by atoms with Gasteiger partial charge in [-0.15, -0.1) is 21.8 Å². The lowest BCUT2D eigenvalue weighted by Crippen LogP contribution is -2.04. The number of rotatable bonds is 4. The smallest absolute Gasteiger partial charge is 0.256 e. The van der Waals surface area contributed by atoms with Gasteiger partial charge in [-0.25, -0.2) is 0 Å². The van der Waals surface area contributed by atoms with Crippen LogP contribution in [0.4, 0.5) is 0 Å². The van der Waals surface area contributed by atoms with Crippen LogP contribution >= 0.6 is 11.6 Å². The number of alkyl halides is 1. The summed E-state index contributed by atoms with van der Waals surface area (Å²) in [5.74, 6) is 1.86. The molecule has 2 aromatic rings. The molecular formula is C12H13ClN2O2. The van der Waals surface area contributed by atoms with Crippen LogP contribution in [0.2, 0.25) is 0 Å². The number of ether oxygens (including phenoxy) is 1. The molecule has 5 heteroatoms. The molecular weight excluding hydrogens is 240 g/mol. The Morgan fingerprint density at radius 1 is 1.35 bits per heavy atom. The van der Waals surface area contributed by atoms with Gasteiger partial charge < -0.3 is 9.15 Å². The Balaban J connectivity index is 2.11. The molecule has 0 aliphatic rings. The highest BCUT2D eigenvalue weighted by Crippen LogP contribution is 2.23. The molecule has 90 valence electrons. The van der Waals surface area contributed by atoms with Crippen LogP contribution in [0, 0.1) is 6.92 Å². The van der Waals surface area contributed by atoms with E-state index in [1.54, 1.807) is 0 Å². The van der Waals surface area contributed by atoms with Crippen LogP contribution in [0.1, 0.15) is 30.4 Å². The van der Waals surface area contributed by atoms with E-state index in [0.29, 0.717) is 11.8 Å². The first-order chi connectivity index (χ1) is 8.20. The van der Waals surface area contributed by atoms with Gasteiger partial charge >= 0.3 is 0 Å². The van der Waals surface area contributed by atoms with E-state index in [9.17, 15) is 0 Å². The average Bonchev–Trinajstić information content (AvgIpc) is 2.81. The standard InChI is InChI=1S/C12H13ClN2O2/c1-8-5-3-4-6-10(8)16-9(2)12-15-14-11(7-13)17-12/h3-6,9H,7H2,1-2H3. The van der Waals surface area contributed by atoms with Crippen LogP contribution in [0.15, 0.2) is 28.7 Å². The Morgan fingerprint density at radius 2 is 2.12 bits per heavy atom. The second kappa shape index (κ2) is 5.19. The lowest BCUT2D eigenvalue weighted by atomic mass is 10.2. The van der Waals surface area contributed by atoms with Crippen LogP contribution in [-0.4, -0.2) is 10.2 Å². The SMILES string of the molecule is Cc1ccccc1OC(C)c1nnc(CCl)o1. The predicted octanol–water partition coefficient (Wildman–Crippen LogP) is 3.26. The topological polar surface area (TPSA) is 48.2 Å². The third-order valence-corrected chi connectivity index (χ3v) is 2.57. The van der Waals surface area contributed by atoms with E-state index >= 15 is 0 Å². The molecule has 0 fully saturated rings. The number of hydrogen-bond donors (Lipinski definition) is 0. The van der Waals surface area contributed by atoms with E-state index in [-0.39, 0.29) is 12.0 Å².